The predicted molar refractivity (Wildman–Crippen MR) is 48.4 cm³/mol. The Bertz CT molecular complexity index is 142. The van der Waals surface area contributed by atoms with Gasteiger partial charge in [0.15, 0.2) is 0 Å². The molecular formula is C11H20Y. The summed E-state index contributed by atoms with van der Waals surface area (Å²) in [6, 6.07) is 0. The predicted octanol–water partition coefficient (Wildman–Crippen LogP) is 3.47. The monoisotopic (exact) mass is 241 g/mol. The summed E-state index contributed by atoms with van der Waals surface area (Å²) in [5.74, 6) is 4.43. The van der Waals surface area contributed by atoms with Gasteiger partial charge in [0, 0.05) is 32.7 Å². The third-order valence-corrected chi connectivity index (χ3v) is 4.16. The Morgan fingerprint density at radius 1 is 1.17 bits per heavy atom. The standard InChI is InChI=1S/C11H20.Y/c1-3-4-11-8(2)9-5-6-10(11)7-9;/h8-11H,3-7H2,1-2H3;. The summed E-state index contributed by atoms with van der Waals surface area (Å²) in [4.78, 5) is 0. The zero-order chi connectivity index (χ0) is 7.84. The fraction of sp³-hybridized carbons (Fsp3) is 1.00. The molecule has 4 unspecified atom stereocenters. The van der Waals surface area contributed by atoms with Crippen LogP contribution in [0.5, 0.6) is 0 Å². The Balaban J connectivity index is 0.000000720. The van der Waals surface area contributed by atoms with Gasteiger partial charge in [0.25, 0.3) is 0 Å². The van der Waals surface area contributed by atoms with Crippen molar-refractivity contribution in [1.82, 2.24) is 0 Å². The number of fused-ring (bicyclic) bond motifs is 2. The van der Waals surface area contributed by atoms with E-state index in [1.165, 1.54) is 12.8 Å². The van der Waals surface area contributed by atoms with E-state index in [0.717, 1.165) is 23.7 Å². The summed E-state index contributed by atoms with van der Waals surface area (Å²) < 4.78 is 0. The van der Waals surface area contributed by atoms with Gasteiger partial charge in [-0.2, -0.15) is 0 Å². The minimum absolute atomic E-state index is 0. The first kappa shape index (κ1) is 11.2. The van der Waals surface area contributed by atoms with Crippen LogP contribution >= 0.6 is 0 Å². The third-order valence-electron chi connectivity index (χ3n) is 4.16. The van der Waals surface area contributed by atoms with Crippen LogP contribution < -0.4 is 0 Å². The molecule has 2 rings (SSSR count). The number of hydrogen-bond acceptors (Lipinski definition) is 0. The molecule has 2 aliphatic carbocycles. The molecule has 1 heteroatoms. The Hall–Kier alpha value is 1.10. The second-order valence-electron chi connectivity index (χ2n) is 4.64. The zero-order valence-electron chi connectivity index (χ0n) is 8.42. The average molecular weight is 241 g/mol. The molecule has 0 aromatic carbocycles. The first-order valence-corrected chi connectivity index (χ1v) is 5.33. The first-order chi connectivity index (χ1) is 5.33. The molecule has 67 valence electrons. The van der Waals surface area contributed by atoms with Crippen molar-refractivity contribution in [3.05, 3.63) is 0 Å². The Labute approximate surface area is 102 Å². The molecule has 0 aromatic rings. The quantitative estimate of drug-likeness (QED) is 0.694. The van der Waals surface area contributed by atoms with E-state index >= 15 is 0 Å². The molecular weight excluding hydrogens is 221 g/mol. The minimum atomic E-state index is 0. The van der Waals surface area contributed by atoms with E-state index in [0.29, 0.717) is 0 Å². The molecule has 0 N–H and O–H groups in total. The van der Waals surface area contributed by atoms with Gasteiger partial charge in [-0.1, -0.05) is 26.7 Å². The van der Waals surface area contributed by atoms with Crippen LogP contribution in [-0.4, -0.2) is 0 Å². The summed E-state index contributed by atoms with van der Waals surface area (Å²) in [5, 5.41) is 0. The topological polar surface area (TPSA) is 0 Å². The maximum absolute atomic E-state index is 2.49. The van der Waals surface area contributed by atoms with Crippen molar-refractivity contribution in [2.24, 2.45) is 23.7 Å². The fourth-order valence-electron chi connectivity index (χ4n) is 3.53. The largest absolute Gasteiger partial charge is 0.0654 e. The molecule has 0 spiro atoms. The van der Waals surface area contributed by atoms with E-state index < -0.39 is 0 Å². The average Bonchev–Trinajstić information content (AvgIpc) is 2.54. The number of hydrogen-bond donors (Lipinski definition) is 0. The van der Waals surface area contributed by atoms with Crippen LogP contribution in [0.2, 0.25) is 0 Å². The third kappa shape index (κ3) is 1.80. The summed E-state index contributed by atoms with van der Waals surface area (Å²) in [7, 11) is 0. The van der Waals surface area contributed by atoms with Crippen molar-refractivity contribution in [2.75, 3.05) is 0 Å². The molecule has 12 heavy (non-hydrogen) atoms. The van der Waals surface area contributed by atoms with Gasteiger partial charge in [0.1, 0.15) is 0 Å². The van der Waals surface area contributed by atoms with E-state index in [-0.39, 0.29) is 32.7 Å². The molecule has 2 fully saturated rings. The van der Waals surface area contributed by atoms with E-state index in [9.17, 15) is 0 Å². The van der Waals surface area contributed by atoms with Gasteiger partial charge in [-0.05, 0) is 42.9 Å². The van der Waals surface area contributed by atoms with E-state index in [1.54, 1.807) is 19.3 Å². The SMILES string of the molecule is CCCC1C2CCC(C2)C1C.[Y]. The van der Waals surface area contributed by atoms with E-state index in [2.05, 4.69) is 13.8 Å². The molecule has 2 saturated carbocycles. The van der Waals surface area contributed by atoms with Crippen molar-refractivity contribution < 1.29 is 32.7 Å². The molecule has 0 nitrogen and oxygen atoms in total. The number of rotatable bonds is 2. The summed E-state index contributed by atoms with van der Waals surface area (Å²) >= 11 is 0. The van der Waals surface area contributed by atoms with Gasteiger partial charge >= 0.3 is 0 Å². The van der Waals surface area contributed by atoms with Gasteiger partial charge in [-0.3, -0.25) is 0 Å². The first-order valence-electron chi connectivity index (χ1n) is 5.33. The van der Waals surface area contributed by atoms with Crippen molar-refractivity contribution in [2.45, 2.75) is 46.0 Å². The van der Waals surface area contributed by atoms with Crippen LogP contribution in [0, 0.1) is 23.7 Å². The van der Waals surface area contributed by atoms with Crippen molar-refractivity contribution in [3.8, 4) is 0 Å². The van der Waals surface area contributed by atoms with E-state index in [1.807, 2.05) is 0 Å². The molecule has 0 saturated heterocycles. The van der Waals surface area contributed by atoms with Crippen LogP contribution in [0.25, 0.3) is 0 Å². The van der Waals surface area contributed by atoms with Crippen LogP contribution in [0.15, 0.2) is 0 Å². The van der Waals surface area contributed by atoms with Crippen molar-refractivity contribution in [1.29, 1.82) is 0 Å². The van der Waals surface area contributed by atoms with Gasteiger partial charge in [-0.15, -0.1) is 0 Å². The molecule has 0 aliphatic heterocycles. The smallest absolute Gasteiger partial charge is 0 e. The summed E-state index contributed by atoms with van der Waals surface area (Å²) in [6.07, 6.45) is 7.58. The Morgan fingerprint density at radius 2 is 1.83 bits per heavy atom. The fourth-order valence-corrected chi connectivity index (χ4v) is 3.53. The molecule has 0 aromatic heterocycles. The second-order valence-corrected chi connectivity index (χ2v) is 4.64. The summed E-state index contributed by atoms with van der Waals surface area (Å²) in [5.41, 5.74) is 0. The molecule has 1 radical (unpaired) electrons. The van der Waals surface area contributed by atoms with Crippen LogP contribution in [-0.2, 0) is 32.7 Å². The minimum Gasteiger partial charge on any atom is -0.0654 e. The van der Waals surface area contributed by atoms with Crippen molar-refractivity contribution in [3.63, 3.8) is 0 Å². The maximum atomic E-state index is 2.49. The van der Waals surface area contributed by atoms with Gasteiger partial charge in [-0.25, -0.2) is 0 Å². The molecule has 4 atom stereocenters. The van der Waals surface area contributed by atoms with E-state index in [4.69, 9.17) is 0 Å². The Kier molecular flexibility index (Phi) is 4.24. The normalized spacial score (nSPS) is 44.5. The molecule has 0 amide bonds. The molecule has 0 heterocycles. The van der Waals surface area contributed by atoms with Crippen LogP contribution in [0.4, 0.5) is 0 Å². The molecule has 2 aliphatic rings. The molecule has 2 bridgehead atoms. The van der Waals surface area contributed by atoms with Gasteiger partial charge < -0.3 is 0 Å². The maximum Gasteiger partial charge on any atom is 0 e. The van der Waals surface area contributed by atoms with Gasteiger partial charge in [0.2, 0.25) is 0 Å². The van der Waals surface area contributed by atoms with Crippen molar-refractivity contribution >= 4 is 0 Å². The summed E-state index contributed by atoms with van der Waals surface area (Å²) in [6.45, 7) is 4.82. The van der Waals surface area contributed by atoms with Gasteiger partial charge in [0.05, 0.1) is 0 Å². The zero-order valence-corrected chi connectivity index (χ0v) is 11.3. The Morgan fingerprint density at radius 3 is 2.33 bits per heavy atom. The van der Waals surface area contributed by atoms with Crippen LogP contribution in [0.3, 0.4) is 0 Å². The van der Waals surface area contributed by atoms with Crippen LogP contribution in [0.1, 0.15) is 46.0 Å². The second kappa shape index (κ2) is 4.55.